The van der Waals surface area contributed by atoms with E-state index < -0.39 is 11.9 Å². The second kappa shape index (κ2) is 8.30. The van der Waals surface area contributed by atoms with E-state index in [1.165, 1.54) is 17.2 Å². The minimum absolute atomic E-state index is 0.0540. The second-order valence-corrected chi connectivity index (χ2v) is 7.47. The van der Waals surface area contributed by atoms with Crippen molar-refractivity contribution in [1.29, 1.82) is 0 Å². The fourth-order valence-electron chi connectivity index (χ4n) is 3.50. The zero-order chi connectivity index (χ0) is 22.9. The first-order valence-corrected chi connectivity index (χ1v) is 9.97. The zero-order valence-corrected chi connectivity index (χ0v) is 17.0. The smallest absolute Gasteiger partial charge is 0.407 e. The first-order valence-electron chi connectivity index (χ1n) is 9.97. The van der Waals surface area contributed by atoms with Crippen molar-refractivity contribution in [3.05, 3.63) is 66.1 Å². The molecule has 0 atom stereocenters. The van der Waals surface area contributed by atoms with Gasteiger partial charge in [0.1, 0.15) is 23.5 Å². The van der Waals surface area contributed by atoms with Crippen LogP contribution in [0.4, 0.5) is 19.4 Å². The standard InChI is InChI=1S/C21H17F2N7O3/c22-14-4-2-1-3-12(14)9-30-18(16-5-6-33-28-16)7-17(27-30)20-24-8-15(23)19(26-20)25-13-10-29(11-13)21(31)32/h1-8,13H,9-11H2,(H,31,32)(H,24,25,26). The number of anilines is 1. The van der Waals surface area contributed by atoms with Crippen LogP contribution in [0.3, 0.4) is 0 Å². The number of rotatable bonds is 6. The van der Waals surface area contributed by atoms with Crippen LogP contribution in [0, 0.1) is 11.6 Å². The number of aromatic nitrogens is 5. The van der Waals surface area contributed by atoms with Gasteiger partial charge in [0.2, 0.25) is 0 Å². The lowest BCUT2D eigenvalue weighted by Gasteiger charge is -2.37. The lowest BCUT2D eigenvalue weighted by Crippen LogP contribution is -2.56. The van der Waals surface area contributed by atoms with E-state index in [4.69, 9.17) is 9.63 Å². The summed E-state index contributed by atoms with van der Waals surface area (Å²) in [5.41, 5.74) is 1.77. The molecule has 0 aliphatic carbocycles. The highest BCUT2D eigenvalue weighted by molar-refractivity contribution is 5.67. The summed E-state index contributed by atoms with van der Waals surface area (Å²) in [6, 6.07) is 9.38. The summed E-state index contributed by atoms with van der Waals surface area (Å²) in [4.78, 5) is 20.4. The van der Waals surface area contributed by atoms with Crippen molar-refractivity contribution < 1.29 is 23.2 Å². The first-order chi connectivity index (χ1) is 16.0. The van der Waals surface area contributed by atoms with Crippen molar-refractivity contribution in [3.8, 4) is 22.9 Å². The lowest BCUT2D eigenvalue weighted by molar-refractivity contribution is 0.111. The molecule has 1 saturated heterocycles. The third-order valence-corrected chi connectivity index (χ3v) is 5.22. The number of benzene rings is 1. The Bertz CT molecular complexity index is 1300. The van der Waals surface area contributed by atoms with Gasteiger partial charge in [-0.15, -0.1) is 0 Å². The Labute approximate surface area is 185 Å². The van der Waals surface area contributed by atoms with E-state index in [9.17, 15) is 13.6 Å². The molecular formula is C21H17F2N7O3. The third-order valence-electron chi connectivity index (χ3n) is 5.22. The predicted octanol–water partition coefficient (Wildman–Crippen LogP) is 3.10. The van der Waals surface area contributed by atoms with Gasteiger partial charge >= 0.3 is 6.09 Å². The van der Waals surface area contributed by atoms with Gasteiger partial charge < -0.3 is 19.8 Å². The van der Waals surface area contributed by atoms with Gasteiger partial charge in [0.25, 0.3) is 0 Å². The molecule has 0 bridgehead atoms. The zero-order valence-electron chi connectivity index (χ0n) is 17.0. The molecule has 10 nitrogen and oxygen atoms in total. The van der Waals surface area contributed by atoms with Crippen molar-refractivity contribution in [1.82, 2.24) is 29.8 Å². The van der Waals surface area contributed by atoms with Gasteiger partial charge in [-0.2, -0.15) is 5.10 Å². The molecule has 0 unspecified atom stereocenters. The molecule has 1 aliphatic heterocycles. The van der Waals surface area contributed by atoms with Crippen molar-refractivity contribution in [2.45, 2.75) is 12.6 Å². The molecule has 4 aromatic rings. The van der Waals surface area contributed by atoms with Crippen LogP contribution in [0.25, 0.3) is 22.9 Å². The van der Waals surface area contributed by atoms with Gasteiger partial charge in [-0.25, -0.2) is 23.5 Å². The Morgan fingerprint density at radius 3 is 2.73 bits per heavy atom. The van der Waals surface area contributed by atoms with Gasteiger partial charge in [-0.1, -0.05) is 23.4 Å². The van der Waals surface area contributed by atoms with Gasteiger partial charge in [-0.05, 0) is 12.1 Å². The molecule has 1 aromatic carbocycles. The van der Waals surface area contributed by atoms with E-state index in [2.05, 4.69) is 25.5 Å². The van der Waals surface area contributed by atoms with Crippen LogP contribution in [0.2, 0.25) is 0 Å². The number of amides is 1. The summed E-state index contributed by atoms with van der Waals surface area (Å²) in [5, 5.41) is 20.3. The Balaban J connectivity index is 1.46. The van der Waals surface area contributed by atoms with E-state index >= 15 is 0 Å². The van der Waals surface area contributed by atoms with Crippen LogP contribution in [-0.2, 0) is 6.54 Å². The molecule has 12 heteroatoms. The molecule has 1 amide bonds. The summed E-state index contributed by atoms with van der Waals surface area (Å²) in [6.45, 7) is 0.567. The molecule has 2 N–H and O–H groups in total. The second-order valence-electron chi connectivity index (χ2n) is 7.47. The summed E-state index contributed by atoms with van der Waals surface area (Å²) in [5.74, 6) is -0.955. The monoisotopic (exact) mass is 453 g/mol. The molecule has 0 radical (unpaired) electrons. The number of carbonyl (C=O) groups is 1. The van der Waals surface area contributed by atoms with Crippen LogP contribution in [-0.4, -0.2) is 60.1 Å². The van der Waals surface area contributed by atoms with E-state index in [1.54, 1.807) is 35.0 Å². The molecule has 1 fully saturated rings. The lowest BCUT2D eigenvalue weighted by atomic mass is 10.1. The van der Waals surface area contributed by atoms with E-state index in [0.717, 1.165) is 6.20 Å². The molecular weight excluding hydrogens is 436 g/mol. The fourth-order valence-corrected chi connectivity index (χ4v) is 3.50. The van der Waals surface area contributed by atoms with Crippen LogP contribution < -0.4 is 5.32 Å². The maximum absolute atomic E-state index is 14.3. The highest BCUT2D eigenvalue weighted by atomic mass is 19.1. The number of halogens is 2. The van der Waals surface area contributed by atoms with Crippen LogP contribution >= 0.6 is 0 Å². The normalized spacial score (nSPS) is 13.7. The van der Waals surface area contributed by atoms with Gasteiger partial charge in [0.05, 0.1) is 24.5 Å². The predicted molar refractivity (Wildman–Crippen MR) is 111 cm³/mol. The number of nitrogens with one attached hydrogen (secondary N) is 1. The average Bonchev–Trinajstić information content (AvgIpc) is 3.43. The van der Waals surface area contributed by atoms with E-state index in [-0.39, 0.29) is 43.1 Å². The van der Waals surface area contributed by atoms with Crippen molar-refractivity contribution >= 4 is 11.9 Å². The SMILES string of the molecule is O=C(O)N1CC(Nc2nc(-c3cc(-c4ccon4)n(Cc4ccccc4F)n3)ncc2F)C1. The maximum Gasteiger partial charge on any atom is 0.407 e. The topological polar surface area (TPSA) is 122 Å². The highest BCUT2D eigenvalue weighted by Gasteiger charge is 2.31. The first kappa shape index (κ1) is 20.5. The average molecular weight is 453 g/mol. The Hall–Kier alpha value is -4.35. The molecule has 4 heterocycles. The summed E-state index contributed by atoms with van der Waals surface area (Å²) in [6.07, 6.45) is 1.40. The van der Waals surface area contributed by atoms with Gasteiger partial charge in [0, 0.05) is 24.7 Å². The number of nitrogens with zero attached hydrogens (tertiary/aromatic N) is 6. The summed E-state index contributed by atoms with van der Waals surface area (Å²) in [7, 11) is 0. The number of hydrogen-bond acceptors (Lipinski definition) is 7. The molecule has 0 saturated carbocycles. The van der Waals surface area contributed by atoms with Crippen LogP contribution in [0.1, 0.15) is 5.56 Å². The maximum atomic E-state index is 14.3. The van der Waals surface area contributed by atoms with E-state index in [1.807, 2.05) is 0 Å². The Morgan fingerprint density at radius 2 is 2.00 bits per heavy atom. The van der Waals surface area contributed by atoms with Crippen LogP contribution in [0.15, 0.2) is 53.4 Å². The third kappa shape index (κ3) is 4.10. The molecule has 0 spiro atoms. The molecule has 168 valence electrons. The molecule has 33 heavy (non-hydrogen) atoms. The fraction of sp³-hybridized carbons (Fsp3) is 0.190. The van der Waals surface area contributed by atoms with Crippen molar-refractivity contribution in [2.75, 3.05) is 18.4 Å². The summed E-state index contributed by atoms with van der Waals surface area (Å²) < 4.78 is 35.0. The molecule has 1 aliphatic rings. The quantitative estimate of drug-likeness (QED) is 0.457. The number of carboxylic acid groups (broad SMARTS) is 1. The largest absolute Gasteiger partial charge is 0.465 e. The van der Waals surface area contributed by atoms with Gasteiger partial charge in [0.15, 0.2) is 17.5 Å². The Morgan fingerprint density at radius 1 is 1.18 bits per heavy atom. The van der Waals surface area contributed by atoms with Gasteiger partial charge in [-0.3, -0.25) is 4.68 Å². The van der Waals surface area contributed by atoms with Crippen molar-refractivity contribution in [3.63, 3.8) is 0 Å². The number of likely N-dealkylation sites (tertiary alicyclic amines) is 1. The minimum Gasteiger partial charge on any atom is -0.465 e. The highest BCUT2D eigenvalue weighted by Crippen LogP contribution is 2.26. The Kier molecular flexibility index (Phi) is 5.17. The molecule has 5 rings (SSSR count). The van der Waals surface area contributed by atoms with E-state index in [0.29, 0.717) is 22.6 Å². The number of hydrogen-bond donors (Lipinski definition) is 2. The van der Waals surface area contributed by atoms with Crippen LogP contribution in [0.5, 0.6) is 0 Å². The molecule has 3 aromatic heterocycles. The van der Waals surface area contributed by atoms with Crippen molar-refractivity contribution in [2.24, 2.45) is 0 Å². The summed E-state index contributed by atoms with van der Waals surface area (Å²) >= 11 is 0. The minimum atomic E-state index is -1.03.